The van der Waals surface area contributed by atoms with Crippen LogP contribution in [0.15, 0.2) is 42.5 Å². The average Bonchev–Trinajstić information content (AvgIpc) is 2.71. The van der Waals surface area contributed by atoms with Gasteiger partial charge in [-0.1, -0.05) is 12.1 Å². The molecule has 1 heterocycles. The van der Waals surface area contributed by atoms with E-state index in [4.69, 9.17) is 4.74 Å². The number of fused-ring (bicyclic) bond motifs is 1. The molecule has 0 saturated carbocycles. The summed E-state index contributed by atoms with van der Waals surface area (Å²) in [5.74, 6) is -0.689. The lowest BCUT2D eigenvalue weighted by atomic mass is 9.87. The van der Waals surface area contributed by atoms with Crippen molar-refractivity contribution >= 4 is 11.6 Å². The molecule has 3 rings (SSSR count). The molecule has 0 saturated heterocycles. The molecule has 2 N–H and O–H groups in total. The van der Waals surface area contributed by atoms with Crippen molar-refractivity contribution in [2.24, 2.45) is 0 Å². The number of hydrogen-bond donors (Lipinski definition) is 2. The molecule has 4 nitrogen and oxygen atoms in total. The van der Waals surface area contributed by atoms with E-state index in [1.807, 2.05) is 0 Å². The number of ether oxygens (including phenoxy) is 1. The second kappa shape index (κ2) is 6.40. The number of alkyl halides is 3. The summed E-state index contributed by atoms with van der Waals surface area (Å²) in [5, 5.41) is 12.8. The normalized spacial score (nSPS) is 20.4. The van der Waals surface area contributed by atoms with Crippen LogP contribution in [0.3, 0.4) is 0 Å². The summed E-state index contributed by atoms with van der Waals surface area (Å²) in [6.45, 7) is 0. The van der Waals surface area contributed by atoms with Crippen molar-refractivity contribution in [3.05, 3.63) is 59.2 Å². The molecule has 2 atom stereocenters. The summed E-state index contributed by atoms with van der Waals surface area (Å²) in [7, 11) is 1.51. The molecule has 1 aliphatic heterocycles. The van der Waals surface area contributed by atoms with Crippen LogP contribution in [-0.4, -0.2) is 24.2 Å². The molecule has 0 spiro atoms. The molecule has 0 fully saturated rings. The number of methoxy groups -OCH3 is 1. The van der Waals surface area contributed by atoms with E-state index >= 15 is 0 Å². The maximum atomic E-state index is 13.0. The van der Waals surface area contributed by atoms with Crippen LogP contribution in [0.5, 0.6) is 5.75 Å². The Bertz CT molecular complexity index is 787. The molecule has 1 amide bonds. The van der Waals surface area contributed by atoms with Gasteiger partial charge in [-0.05, 0) is 47.9 Å². The fraction of sp³-hybridized carbons (Fsp3) is 0.278. The summed E-state index contributed by atoms with van der Waals surface area (Å²) >= 11 is 0. The van der Waals surface area contributed by atoms with Crippen molar-refractivity contribution < 1.29 is 27.8 Å². The van der Waals surface area contributed by atoms with Crippen LogP contribution in [0.1, 0.15) is 22.6 Å². The van der Waals surface area contributed by atoms with Crippen LogP contribution in [0.2, 0.25) is 0 Å². The largest absolute Gasteiger partial charge is 0.497 e. The summed E-state index contributed by atoms with van der Waals surface area (Å²) in [4.78, 5) is 12.2. The van der Waals surface area contributed by atoms with Gasteiger partial charge in [0.15, 0.2) is 0 Å². The number of carbonyl (C=O) groups is 1. The quantitative estimate of drug-likeness (QED) is 0.872. The molecular weight excluding hydrogens is 335 g/mol. The third kappa shape index (κ3) is 3.46. The highest BCUT2D eigenvalue weighted by Crippen LogP contribution is 2.36. The van der Waals surface area contributed by atoms with Gasteiger partial charge in [-0.2, -0.15) is 13.2 Å². The molecule has 0 unspecified atom stereocenters. The van der Waals surface area contributed by atoms with Crippen molar-refractivity contribution in [3.63, 3.8) is 0 Å². The van der Waals surface area contributed by atoms with Gasteiger partial charge < -0.3 is 15.2 Å². The average molecular weight is 351 g/mol. The lowest BCUT2D eigenvalue weighted by Gasteiger charge is -2.20. The van der Waals surface area contributed by atoms with Gasteiger partial charge in [-0.3, -0.25) is 4.79 Å². The highest BCUT2D eigenvalue weighted by molar-refractivity contribution is 5.96. The Morgan fingerprint density at radius 2 is 1.84 bits per heavy atom. The van der Waals surface area contributed by atoms with E-state index in [2.05, 4.69) is 5.32 Å². The first-order valence-electron chi connectivity index (χ1n) is 7.62. The topological polar surface area (TPSA) is 58.6 Å². The van der Waals surface area contributed by atoms with E-state index in [9.17, 15) is 23.1 Å². The number of rotatable bonds is 2. The molecule has 0 aromatic heterocycles. The smallest absolute Gasteiger partial charge is 0.416 e. The zero-order chi connectivity index (χ0) is 18.2. The van der Waals surface area contributed by atoms with Crippen molar-refractivity contribution in [3.8, 4) is 5.75 Å². The van der Waals surface area contributed by atoms with Crippen LogP contribution in [-0.2, 0) is 17.4 Å². The van der Waals surface area contributed by atoms with Gasteiger partial charge in [-0.25, -0.2) is 0 Å². The minimum absolute atomic E-state index is 0.103. The van der Waals surface area contributed by atoms with Crippen LogP contribution in [0.4, 0.5) is 18.9 Å². The van der Waals surface area contributed by atoms with E-state index in [1.165, 1.54) is 13.2 Å². The zero-order valence-corrected chi connectivity index (χ0v) is 13.3. The number of anilines is 1. The number of nitrogens with one attached hydrogen (secondary N) is 1. The Morgan fingerprint density at radius 3 is 2.44 bits per heavy atom. The van der Waals surface area contributed by atoms with Crippen LogP contribution in [0, 0.1) is 0 Å². The Labute approximate surface area is 142 Å². The molecule has 132 valence electrons. The lowest BCUT2D eigenvalue weighted by molar-refractivity contribution is -0.137. The minimum atomic E-state index is -4.47. The number of carbonyl (C=O) groups excluding carboxylic acids is 1. The van der Waals surface area contributed by atoms with E-state index in [-0.39, 0.29) is 12.1 Å². The molecule has 2 aromatic rings. The fourth-order valence-electron chi connectivity index (χ4n) is 2.95. The number of amides is 1. The third-order valence-corrected chi connectivity index (χ3v) is 4.32. The molecule has 0 radical (unpaired) electrons. The van der Waals surface area contributed by atoms with E-state index in [0.717, 1.165) is 12.1 Å². The van der Waals surface area contributed by atoms with Crippen molar-refractivity contribution in [1.29, 1.82) is 0 Å². The summed E-state index contributed by atoms with van der Waals surface area (Å²) in [5.41, 5.74) is 0.479. The molecule has 0 aliphatic carbocycles. The Balaban J connectivity index is 2.01. The van der Waals surface area contributed by atoms with E-state index in [0.29, 0.717) is 16.9 Å². The summed E-state index contributed by atoms with van der Waals surface area (Å²) < 4.78 is 44.0. The number of halogens is 3. The first-order chi connectivity index (χ1) is 11.8. The van der Waals surface area contributed by atoms with Gasteiger partial charge in [0.2, 0.25) is 0 Å². The second-order valence-electron chi connectivity index (χ2n) is 5.89. The minimum Gasteiger partial charge on any atom is -0.497 e. The number of aliphatic hydroxyl groups is 1. The first-order valence-corrected chi connectivity index (χ1v) is 7.62. The first kappa shape index (κ1) is 17.3. The molecule has 2 aromatic carbocycles. The summed E-state index contributed by atoms with van der Waals surface area (Å²) in [6.07, 6.45) is -5.74. The lowest BCUT2D eigenvalue weighted by Crippen LogP contribution is -2.31. The molecule has 0 bridgehead atoms. The maximum Gasteiger partial charge on any atom is 0.416 e. The Morgan fingerprint density at radius 1 is 1.16 bits per heavy atom. The van der Waals surface area contributed by atoms with Gasteiger partial charge in [-0.15, -0.1) is 0 Å². The van der Waals surface area contributed by atoms with Gasteiger partial charge in [0, 0.05) is 11.6 Å². The standard InChI is InChI=1S/C18H16F3NO3/c1-25-13-5-2-10(3-6-13)14-9-11-8-12(18(19,20)21)4-7-15(11)22-17(24)16(14)23/h2-8,14,16,23H,9H2,1H3,(H,22,24)/t14-,16+/m1/s1. The number of benzene rings is 2. The van der Waals surface area contributed by atoms with Gasteiger partial charge in [0.1, 0.15) is 11.9 Å². The third-order valence-electron chi connectivity index (χ3n) is 4.32. The SMILES string of the molecule is COc1ccc([C@H]2Cc3cc(C(F)(F)F)ccc3NC(=O)[C@H]2O)cc1. The van der Waals surface area contributed by atoms with Gasteiger partial charge >= 0.3 is 6.18 Å². The predicted molar refractivity (Wildman–Crippen MR) is 85.5 cm³/mol. The molecular formula is C18H16F3NO3. The fourth-order valence-corrected chi connectivity index (χ4v) is 2.95. The van der Waals surface area contributed by atoms with E-state index in [1.54, 1.807) is 24.3 Å². The van der Waals surface area contributed by atoms with Crippen LogP contribution < -0.4 is 10.1 Å². The van der Waals surface area contributed by atoms with Crippen molar-refractivity contribution in [2.75, 3.05) is 12.4 Å². The Hall–Kier alpha value is -2.54. The van der Waals surface area contributed by atoms with Crippen LogP contribution in [0.25, 0.3) is 0 Å². The number of hydrogen-bond acceptors (Lipinski definition) is 3. The molecule has 25 heavy (non-hydrogen) atoms. The highest BCUT2D eigenvalue weighted by Gasteiger charge is 2.35. The number of aliphatic hydroxyl groups excluding tert-OH is 1. The summed E-state index contributed by atoms with van der Waals surface area (Å²) in [6, 6.07) is 9.90. The molecule has 7 heteroatoms. The second-order valence-corrected chi connectivity index (χ2v) is 5.89. The highest BCUT2D eigenvalue weighted by atomic mass is 19.4. The predicted octanol–water partition coefficient (Wildman–Crippen LogP) is 3.35. The van der Waals surface area contributed by atoms with Crippen molar-refractivity contribution in [2.45, 2.75) is 24.6 Å². The van der Waals surface area contributed by atoms with Gasteiger partial charge in [0.05, 0.1) is 12.7 Å². The molecule has 1 aliphatic rings. The zero-order valence-electron chi connectivity index (χ0n) is 13.3. The maximum absolute atomic E-state index is 13.0. The van der Waals surface area contributed by atoms with Crippen LogP contribution >= 0.6 is 0 Å². The monoisotopic (exact) mass is 351 g/mol. The Kier molecular flexibility index (Phi) is 4.43. The van der Waals surface area contributed by atoms with E-state index < -0.39 is 29.7 Å². The van der Waals surface area contributed by atoms with Gasteiger partial charge in [0.25, 0.3) is 5.91 Å². The van der Waals surface area contributed by atoms with Crippen molar-refractivity contribution in [1.82, 2.24) is 0 Å².